The molecule has 53 heavy (non-hydrogen) atoms. The van der Waals surface area contributed by atoms with Crippen LogP contribution in [0.25, 0.3) is 0 Å². The van der Waals surface area contributed by atoms with E-state index >= 15 is 0 Å². The van der Waals surface area contributed by atoms with Gasteiger partial charge >= 0.3 is 0 Å². The molecule has 0 saturated carbocycles. The number of rotatable bonds is 39. The molecule has 1 atom stereocenters. The molecule has 0 radical (unpaired) electrons. The normalized spacial score (nSPS) is 11.4. The second-order valence-corrected chi connectivity index (χ2v) is 14.1. The van der Waals surface area contributed by atoms with Crippen LogP contribution in [0, 0.1) is 5.92 Å². The first kappa shape index (κ1) is 52.9. The summed E-state index contributed by atoms with van der Waals surface area (Å²) in [6.45, 7) is 12.9. The lowest BCUT2D eigenvalue weighted by molar-refractivity contribution is -0.126. The molecule has 11 nitrogen and oxygen atoms in total. The minimum Gasteiger partial charge on any atom is -0.379 e. The average Bonchev–Trinajstić information content (AvgIpc) is 3.13. The van der Waals surface area contributed by atoms with E-state index in [1.807, 2.05) is 6.92 Å². The van der Waals surface area contributed by atoms with Gasteiger partial charge in [-0.2, -0.15) is 0 Å². The number of ether oxygens (including phenoxy) is 4. The Bertz CT molecular complexity index is 892. The van der Waals surface area contributed by atoms with Gasteiger partial charge in [0, 0.05) is 46.3 Å². The lowest BCUT2D eigenvalue weighted by Crippen LogP contribution is -2.29. The maximum Gasteiger partial charge on any atom is 0.245 e. The van der Waals surface area contributed by atoms with Crippen molar-refractivity contribution >= 4 is 29.2 Å². The van der Waals surface area contributed by atoms with Gasteiger partial charge in [-0.05, 0) is 46.0 Å². The summed E-state index contributed by atoms with van der Waals surface area (Å²) in [7, 11) is 0. The number of amides is 2. The molecule has 0 saturated heterocycles. The van der Waals surface area contributed by atoms with Gasteiger partial charge in [0.2, 0.25) is 11.8 Å². The highest BCUT2D eigenvalue weighted by Gasteiger charge is 2.07. The van der Waals surface area contributed by atoms with Gasteiger partial charge in [-0.3, -0.25) is 19.2 Å². The third-order valence-electron chi connectivity index (χ3n) is 8.77. The number of hydrogen-bond donors (Lipinski definition) is 2. The fraction of sp³-hybridized carbons (Fsp3) is 0.881. The average molecular weight is 759 g/mol. The summed E-state index contributed by atoms with van der Waals surface area (Å²) >= 11 is 0. The van der Waals surface area contributed by atoms with Crippen LogP contribution in [0.2, 0.25) is 0 Å². The summed E-state index contributed by atoms with van der Waals surface area (Å²) in [4.78, 5) is 57.0. The molecule has 0 aromatic rings. The standard InChI is InChI=1S/C28H52N2O8.C14H28O.H2/c1-4-5-6-7-13-27(33)30-15-17-36-19-20-37-22-26(32)12-10-16-35-18-21-38-23-28(34)29-14-9-8-11-24(2)25(3)31;1-3-4-5-6-7-8-9-10-11-12-13-14(2)15;/h24H,4-23H2,1-3H3,(H,29,34)(H,30,33);3-13H2,1-2H3;1H/t24-;;/m0../s1. The Labute approximate surface area is 325 Å². The maximum absolute atomic E-state index is 11.8. The molecule has 0 aliphatic rings. The summed E-state index contributed by atoms with van der Waals surface area (Å²) in [6, 6.07) is 0. The molecule has 2 amide bonds. The van der Waals surface area contributed by atoms with Crippen molar-refractivity contribution in [2.75, 3.05) is 65.9 Å². The van der Waals surface area contributed by atoms with Crippen LogP contribution in [-0.2, 0) is 42.9 Å². The molecule has 0 heterocycles. The van der Waals surface area contributed by atoms with Crippen molar-refractivity contribution in [3.63, 3.8) is 0 Å². The molecule has 0 aromatic carbocycles. The quantitative estimate of drug-likeness (QED) is 0.0594. The molecule has 314 valence electrons. The second-order valence-electron chi connectivity index (χ2n) is 14.1. The molecule has 0 rings (SSSR count). The highest BCUT2D eigenvalue weighted by molar-refractivity contribution is 5.79. The first-order chi connectivity index (χ1) is 25.6. The number of nitrogens with one attached hydrogen (secondary N) is 2. The van der Waals surface area contributed by atoms with Crippen LogP contribution in [0.4, 0.5) is 0 Å². The predicted molar refractivity (Wildman–Crippen MR) is 215 cm³/mol. The number of carbonyl (C=O) groups excluding carboxylic acids is 5. The third-order valence-corrected chi connectivity index (χ3v) is 8.77. The Morgan fingerprint density at radius 2 is 1.00 bits per heavy atom. The topological polar surface area (TPSA) is 146 Å². The number of ketones is 3. The molecular formula is C42H82N2O9. The second kappa shape index (κ2) is 42.5. The van der Waals surface area contributed by atoms with E-state index in [2.05, 4.69) is 24.5 Å². The summed E-state index contributed by atoms with van der Waals surface area (Å²) in [5, 5.41) is 5.62. The summed E-state index contributed by atoms with van der Waals surface area (Å²) in [6.07, 6.45) is 22.7. The van der Waals surface area contributed by atoms with E-state index in [-0.39, 0.29) is 43.9 Å². The van der Waals surface area contributed by atoms with Crippen molar-refractivity contribution in [2.24, 2.45) is 5.92 Å². The maximum atomic E-state index is 11.8. The third kappa shape index (κ3) is 45.9. The van der Waals surface area contributed by atoms with E-state index in [4.69, 9.17) is 18.9 Å². The molecule has 0 aliphatic heterocycles. The first-order valence-electron chi connectivity index (χ1n) is 21.0. The monoisotopic (exact) mass is 759 g/mol. The van der Waals surface area contributed by atoms with Gasteiger partial charge < -0.3 is 34.4 Å². The number of carbonyl (C=O) groups is 5. The Balaban J connectivity index is -0.00000136. The van der Waals surface area contributed by atoms with Crippen LogP contribution >= 0.6 is 0 Å². The Kier molecular flexibility index (Phi) is 42.4. The largest absolute Gasteiger partial charge is 0.379 e. The van der Waals surface area contributed by atoms with Gasteiger partial charge in [0.05, 0.1) is 33.0 Å². The number of Topliss-reactive ketones (excluding diaryl/α,β-unsaturated/α-hetero) is 3. The zero-order valence-electron chi connectivity index (χ0n) is 34.7. The van der Waals surface area contributed by atoms with Crippen LogP contribution in [0.3, 0.4) is 0 Å². The van der Waals surface area contributed by atoms with Crippen molar-refractivity contribution in [1.29, 1.82) is 0 Å². The summed E-state index contributed by atoms with van der Waals surface area (Å²) in [5.74, 6) is 0.521. The predicted octanol–water partition coefficient (Wildman–Crippen LogP) is 8.13. The van der Waals surface area contributed by atoms with E-state index in [0.717, 1.165) is 57.8 Å². The molecule has 0 bridgehead atoms. The molecule has 0 aliphatic carbocycles. The molecule has 0 fully saturated rings. The lowest BCUT2D eigenvalue weighted by Gasteiger charge is -2.09. The van der Waals surface area contributed by atoms with Crippen molar-refractivity contribution in [2.45, 2.75) is 169 Å². The van der Waals surface area contributed by atoms with E-state index in [1.165, 1.54) is 57.8 Å². The highest BCUT2D eigenvalue weighted by Crippen LogP contribution is 2.11. The van der Waals surface area contributed by atoms with Gasteiger partial charge in [0.1, 0.15) is 24.8 Å². The van der Waals surface area contributed by atoms with Crippen molar-refractivity contribution < 1.29 is 44.3 Å². The number of unbranched alkanes of at least 4 members (excludes halogenated alkanes) is 13. The Morgan fingerprint density at radius 1 is 0.491 bits per heavy atom. The fourth-order valence-corrected chi connectivity index (χ4v) is 5.22. The van der Waals surface area contributed by atoms with Crippen LogP contribution in [0.15, 0.2) is 0 Å². The zero-order valence-corrected chi connectivity index (χ0v) is 34.7. The molecule has 11 heteroatoms. The van der Waals surface area contributed by atoms with E-state index in [0.29, 0.717) is 77.8 Å². The summed E-state index contributed by atoms with van der Waals surface area (Å²) < 4.78 is 21.4. The smallest absolute Gasteiger partial charge is 0.245 e. The minimum absolute atomic E-state index is 0. The molecular weight excluding hydrogens is 676 g/mol. The van der Waals surface area contributed by atoms with E-state index in [9.17, 15) is 24.0 Å². The lowest BCUT2D eigenvalue weighted by atomic mass is 10.0. The summed E-state index contributed by atoms with van der Waals surface area (Å²) in [5.41, 5.74) is 0. The van der Waals surface area contributed by atoms with E-state index < -0.39 is 0 Å². The van der Waals surface area contributed by atoms with Crippen molar-refractivity contribution in [3.05, 3.63) is 0 Å². The molecule has 2 N–H and O–H groups in total. The van der Waals surface area contributed by atoms with Crippen LogP contribution in [0.1, 0.15) is 171 Å². The van der Waals surface area contributed by atoms with Gasteiger partial charge in [-0.1, -0.05) is 104 Å². The van der Waals surface area contributed by atoms with Gasteiger partial charge in [0.25, 0.3) is 0 Å². The van der Waals surface area contributed by atoms with Gasteiger partial charge in [-0.25, -0.2) is 0 Å². The number of hydrogen-bond acceptors (Lipinski definition) is 9. The van der Waals surface area contributed by atoms with Crippen LogP contribution in [0.5, 0.6) is 0 Å². The highest BCUT2D eigenvalue weighted by atomic mass is 16.5. The SMILES string of the molecule is CCCCCCC(=O)NCCOCCOCC(=O)CCCOCCOCC(=O)NCCCC[C@H](C)C(C)=O.CCCCCCCCCCCCC(C)=O.[HH]. The fourth-order valence-electron chi connectivity index (χ4n) is 5.22. The Morgan fingerprint density at radius 3 is 1.60 bits per heavy atom. The Hall–Kier alpha value is -2.21. The van der Waals surface area contributed by atoms with Crippen molar-refractivity contribution in [1.82, 2.24) is 10.6 Å². The van der Waals surface area contributed by atoms with Gasteiger partial charge in [0.15, 0.2) is 5.78 Å². The van der Waals surface area contributed by atoms with Crippen LogP contribution < -0.4 is 10.6 Å². The molecule has 0 unspecified atom stereocenters. The molecule has 0 spiro atoms. The molecule has 0 aromatic heterocycles. The van der Waals surface area contributed by atoms with E-state index in [1.54, 1.807) is 13.8 Å². The first-order valence-corrected chi connectivity index (χ1v) is 21.0. The zero-order chi connectivity index (χ0) is 39.6. The van der Waals surface area contributed by atoms with Crippen molar-refractivity contribution in [3.8, 4) is 0 Å². The van der Waals surface area contributed by atoms with Gasteiger partial charge in [-0.15, -0.1) is 0 Å². The minimum atomic E-state index is -0.166. The van der Waals surface area contributed by atoms with Crippen LogP contribution in [-0.4, -0.2) is 95.1 Å².